The summed E-state index contributed by atoms with van der Waals surface area (Å²) in [4.78, 5) is 19.4. The molecule has 0 bridgehead atoms. The fourth-order valence-electron chi connectivity index (χ4n) is 6.13. The van der Waals surface area contributed by atoms with Gasteiger partial charge in [0.15, 0.2) is 17.5 Å². The van der Waals surface area contributed by atoms with Gasteiger partial charge in [0.2, 0.25) is 0 Å². The van der Waals surface area contributed by atoms with Gasteiger partial charge in [0.25, 0.3) is 0 Å². The maximum atomic E-state index is 6.35. The Labute approximate surface area is 258 Å². The van der Waals surface area contributed by atoms with Crippen LogP contribution in [0.2, 0.25) is 0 Å². The monoisotopic (exact) mass is 576 g/mol. The molecular weight excluding hydrogens is 552 g/mol. The van der Waals surface area contributed by atoms with Crippen molar-refractivity contribution in [2.24, 2.45) is 0 Å². The van der Waals surface area contributed by atoms with Crippen molar-refractivity contribution in [2.75, 3.05) is 0 Å². The Morgan fingerprint density at radius 1 is 0.422 bits per heavy atom. The first-order valence-corrected chi connectivity index (χ1v) is 14.9. The Kier molecular flexibility index (Phi) is 5.74. The lowest BCUT2D eigenvalue weighted by Gasteiger charge is -2.10. The molecule has 0 spiro atoms. The van der Waals surface area contributed by atoms with Crippen LogP contribution in [0.1, 0.15) is 0 Å². The number of pyridine rings is 1. The van der Waals surface area contributed by atoms with Crippen molar-refractivity contribution in [3.63, 3.8) is 0 Å². The fourth-order valence-corrected chi connectivity index (χ4v) is 6.13. The summed E-state index contributed by atoms with van der Waals surface area (Å²) in [5.74, 6) is 1.84. The first-order valence-electron chi connectivity index (χ1n) is 14.9. The van der Waals surface area contributed by atoms with E-state index >= 15 is 0 Å². The average Bonchev–Trinajstić information content (AvgIpc) is 3.48. The van der Waals surface area contributed by atoms with Gasteiger partial charge in [0, 0.05) is 45.2 Å². The Morgan fingerprint density at radius 3 is 1.96 bits per heavy atom. The van der Waals surface area contributed by atoms with Crippen LogP contribution in [0, 0.1) is 0 Å². The molecule has 6 aromatic carbocycles. The van der Waals surface area contributed by atoms with E-state index in [0.29, 0.717) is 17.5 Å². The maximum absolute atomic E-state index is 6.35. The first-order chi connectivity index (χ1) is 22.3. The molecule has 3 aromatic heterocycles. The summed E-state index contributed by atoms with van der Waals surface area (Å²) in [5.41, 5.74) is 6.69. The van der Waals surface area contributed by atoms with Gasteiger partial charge in [0.1, 0.15) is 11.2 Å². The summed E-state index contributed by atoms with van der Waals surface area (Å²) in [7, 11) is 0. The van der Waals surface area contributed by atoms with Crippen molar-refractivity contribution < 1.29 is 4.42 Å². The minimum Gasteiger partial charge on any atom is -0.456 e. The minimum atomic E-state index is 0.597. The minimum absolute atomic E-state index is 0.597. The van der Waals surface area contributed by atoms with Gasteiger partial charge in [-0.25, -0.2) is 15.0 Å². The van der Waals surface area contributed by atoms with Crippen molar-refractivity contribution >= 4 is 43.5 Å². The van der Waals surface area contributed by atoms with Crippen LogP contribution in [-0.4, -0.2) is 19.9 Å². The maximum Gasteiger partial charge on any atom is 0.164 e. The molecule has 0 N–H and O–H groups in total. The molecule has 0 saturated heterocycles. The summed E-state index contributed by atoms with van der Waals surface area (Å²) in [5, 5.41) is 6.41. The normalized spacial score (nSPS) is 11.6. The number of rotatable bonds is 4. The number of fused-ring (bicyclic) bond motifs is 5. The summed E-state index contributed by atoms with van der Waals surface area (Å²) in [6, 6.07) is 45.8. The number of hydrogen-bond donors (Lipinski definition) is 0. The van der Waals surface area contributed by atoms with E-state index in [1.54, 1.807) is 0 Å². The van der Waals surface area contributed by atoms with E-state index in [1.165, 1.54) is 11.1 Å². The predicted octanol–water partition coefficient (Wildman–Crippen LogP) is 10.1. The largest absolute Gasteiger partial charge is 0.456 e. The summed E-state index contributed by atoms with van der Waals surface area (Å²) < 4.78 is 6.35. The number of furan rings is 1. The van der Waals surface area contributed by atoms with Crippen LogP contribution in [0.25, 0.3) is 88.8 Å². The smallest absolute Gasteiger partial charge is 0.164 e. The fraction of sp³-hybridized carbons (Fsp3) is 0. The van der Waals surface area contributed by atoms with Crippen LogP contribution in [0.5, 0.6) is 0 Å². The molecule has 0 unspecified atom stereocenters. The molecule has 5 nitrogen and oxygen atoms in total. The molecule has 0 amide bonds. The van der Waals surface area contributed by atoms with Crippen LogP contribution >= 0.6 is 0 Å². The van der Waals surface area contributed by atoms with E-state index in [9.17, 15) is 0 Å². The second kappa shape index (κ2) is 10.2. The summed E-state index contributed by atoms with van der Waals surface area (Å²) in [6.07, 6.45) is 3.67. The zero-order chi connectivity index (χ0) is 29.7. The van der Waals surface area contributed by atoms with Gasteiger partial charge in [-0.1, -0.05) is 97.1 Å². The highest BCUT2D eigenvalue weighted by molar-refractivity contribution is 6.15. The van der Waals surface area contributed by atoms with Gasteiger partial charge in [-0.2, -0.15) is 0 Å². The van der Waals surface area contributed by atoms with E-state index in [1.807, 2.05) is 67.0 Å². The van der Waals surface area contributed by atoms with E-state index in [0.717, 1.165) is 60.2 Å². The Balaban J connectivity index is 1.26. The van der Waals surface area contributed by atoms with Crippen molar-refractivity contribution in [1.29, 1.82) is 0 Å². The van der Waals surface area contributed by atoms with Crippen LogP contribution in [-0.2, 0) is 0 Å². The molecule has 210 valence electrons. The lowest BCUT2D eigenvalue weighted by Crippen LogP contribution is -2.00. The van der Waals surface area contributed by atoms with Crippen LogP contribution in [0.3, 0.4) is 0 Å². The third-order valence-electron chi connectivity index (χ3n) is 8.37. The summed E-state index contributed by atoms with van der Waals surface area (Å²) in [6.45, 7) is 0. The second-order valence-corrected chi connectivity index (χ2v) is 11.2. The molecular formula is C40H24N4O. The van der Waals surface area contributed by atoms with Crippen LogP contribution in [0.4, 0.5) is 0 Å². The summed E-state index contributed by atoms with van der Waals surface area (Å²) >= 11 is 0. The molecule has 9 aromatic rings. The van der Waals surface area contributed by atoms with E-state index in [-0.39, 0.29) is 0 Å². The molecule has 9 rings (SSSR count). The zero-order valence-electron chi connectivity index (χ0n) is 24.1. The van der Waals surface area contributed by atoms with Crippen molar-refractivity contribution in [3.8, 4) is 45.3 Å². The lowest BCUT2D eigenvalue weighted by molar-refractivity contribution is 0.669. The second-order valence-electron chi connectivity index (χ2n) is 11.2. The van der Waals surface area contributed by atoms with E-state index in [2.05, 4.69) is 83.8 Å². The number of benzene rings is 6. The Morgan fingerprint density at radius 2 is 1.13 bits per heavy atom. The van der Waals surface area contributed by atoms with Gasteiger partial charge in [-0.3, -0.25) is 4.98 Å². The Hall–Kier alpha value is -6.20. The topological polar surface area (TPSA) is 64.7 Å². The average molecular weight is 577 g/mol. The Bertz CT molecular complexity index is 2540. The molecule has 0 aliphatic heterocycles. The van der Waals surface area contributed by atoms with Crippen LogP contribution < -0.4 is 0 Å². The molecule has 0 fully saturated rings. The number of nitrogens with zero attached hydrogens (tertiary/aromatic N) is 4. The third kappa shape index (κ3) is 4.41. The highest BCUT2D eigenvalue weighted by atomic mass is 16.3. The lowest BCUT2D eigenvalue weighted by atomic mass is 9.99. The SMILES string of the molecule is c1ccc(-c2ccc3ccc(-c4nc(-c5ccccc5)nc(-c5cccc6oc7cc8cnccc8cc7c56)n4)cc3c2)cc1. The zero-order valence-corrected chi connectivity index (χ0v) is 24.1. The van der Waals surface area contributed by atoms with Crippen molar-refractivity contribution in [1.82, 2.24) is 19.9 Å². The van der Waals surface area contributed by atoms with Crippen molar-refractivity contribution in [3.05, 3.63) is 146 Å². The molecule has 0 radical (unpaired) electrons. The molecule has 45 heavy (non-hydrogen) atoms. The molecule has 0 saturated carbocycles. The molecule has 5 heteroatoms. The highest BCUT2D eigenvalue weighted by Gasteiger charge is 2.18. The molecule has 0 aliphatic rings. The quantitative estimate of drug-likeness (QED) is 0.209. The number of aromatic nitrogens is 4. The van der Waals surface area contributed by atoms with Crippen LogP contribution in [0.15, 0.2) is 150 Å². The van der Waals surface area contributed by atoms with E-state index in [4.69, 9.17) is 19.4 Å². The van der Waals surface area contributed by atoms with Gasteiger partial charge in [-0.15, -0.1) is 0 Å². The third-order valence-corrected chi connectivity index (χ3v) is 8.37. The molecule has 0 atom stereocenters. The molecule has 3 heterocycles. The highest BCUT2D eigenvalue weighted by Crippen LogP contribution is 2.38. The van der Waals surface area contributed by atoms with Gasteiger partial charge < -0.3 is 4.42 Å². The van der Waals surface area contributed by atoms with Gasteiger partial charge >= 0.3 is 0 Å². The van der Waals surface area contributed by atoms with Crippen molar-refractivity contribution in [2.45, 2.75) is 0 Å². The standard InChI is InChI=1S/C40H24N4O/c1-3-8-25(9-4-1)28-16-14-26-15-17-30(21-31(26)20-28)39-42-38(27-10-5-2-6-11-27)43-40(44-39)33-12-7-13-35-37(33)34-22-29-18-19-41-24-32(29)23-36(34)45-35/h1-24H. The first kappa shape index (κ1) is 25.3. The molecule has 0 aliphatic carbocycles. The van der Waals surface area contributed by atoms with E-state index < -0.39 is 0 Å². The predicted molar refractivity (Wildman–Crippen MR) is 182 cm³/mol. The van der Waals surface area contributed by atoms with Gasteiger partial charge in [-0.05, 0) is 63.7 Å². The number of hydrogen-bond acceptors (Lipinski definition) is 5. The van der Waals surface area contributed by atoms with Gasteiger partial charge in [0.05, 0.1) is 0 Å².